The van der Waals surface area contributed by atoms with Crippen LogP contribution in [-0.4, -0.2) is 11.6 Å². The zero-order valence-corrected chi connectivity index (χ0v) is 17.3. The monoisotopic (exact) mass is 366 g/mol. The molecule has 4 saturated carbocycles. The first-order valence-corrected chi connectivity index (χ1v) is 10.8. The number of nitrogens with zero attached hydrogens (tertiary/aromatic N) is 1. The van der Waals surface area contributed by atoms with Crippen LogP contribution in [0.4, 0.5) is 0 Å². The largest absolute Gasteiger partial charge is 0.271 e. The van der Waals surface area contributed by atoms with Crippen LogP contribution >= 0.6 is 0 Å². The second-order valence-electron chi connectivity index (χ2n) is 10.4. The molecule has 3 heteroatoms. The zero-order chi connectivity index (χ0) is 19.2. The lowest BCUT2D eigenvalue weighted by atomic mass is 9.48. The van der Waals surface area contributed by atoms with E-state index in [4.69, 9.17) is 5.10 Å². The molecule has 3 nitrogen and oxygen atoms in total. The second kappa shape index (κ2) is 6.76. The van der Waals surface area contributed by atoms with Gasteiger partial charge in [0.2, 0.25) is 0 Å². The third-order valence-corrected chi connectivity index (χ3v) is 7.29. The van der Waals surface area contributed by atoms with Gasteiger partial charge in [0.15, 0.2) is 0 Å². The van der Waals surface area contributed by atoms with E-state index in [0.717, 1.165) is 24.2 Å². The van der Waals surface area contributed by atoms with Crippen molar-refractivity contribution in [1.82, 2.24) is 5.43 Å². The van der Waals surface area contributed by atoms with Crippen molar-refractivity contribution in [2.24, 2.45) is 28.3 Å². The fourth-order valence-corrected chi connectivity index (χ4v) is 6.34. The molecule has 0 saturated heterocycles. The topological polar surface area (TPSA) is 41.5 Å². The molecule has 0 spiro atoms. The molecular weight excluding hydrogens is 332 g/mol. The van der Waals surface area contributed by atoms with Crippen LogP contribution < -0.4 is 5.43 Å². The lowest BCUT2D eigenvalue weighted by Gasteiger charge is -2.57. The Morgan fingerprint density at radius 2 is 1.56 bits per heavy atom. The fourth-order valence-electron chi connectivity index (χ4n) is 6.34. The van der Waals surface area contributed by atoms with Crippen LogP contribution in [0.15, 0.2) is 29.4 Å². The summed E-state index contributed by atoms with van der Waals surface area (Å²) in [5, 5.41) is 4.70. The number of carbonyl (C=O) groups is 1. The van der Waals surface area contributed by atoms with Crippen molar-refractivity contribution in [2.45, 2.75) is 78.1 Å². The maximum Gasteiger partial charge on any atom is 0.271 e. The minimum atomic E-state index is -0.0915. The van der Waals surface area contributed by atoms with E-state index in [2.05, 4.69) is 45.3 Å². The van der Waals surface area contributed by atoms with Crippen LogP contribution in [0.3, 0.4) is 0 Å². The third-order valence-electron chi connectivity index (χ3n) is 7.29. The zero-order valence-electron chi connectivity index (χ0n) is 17.3. The van der Waals surface area contributed by atoms with Crippen molar-refractivity contribution in [3.8, 4) is 0 Å². The number of hydrogen-bond donors (Lipinski definition) is 1. The van der Waals surface area contributed by atoms with E-state index >= 15 is 0 Å². The molecule has 4 bridgehead atoms. The first-order chi connectivity index (χ1) is 12.8. The summed E-state index contributed by atoms with van der Waals surface area (Å²) in [4.78, 5) is 12.6. The second-order valence-corrected chi connectivity index (χ2v) is 10.4. The number of carbonyl (C=O) groups excluding carboxylic acids is 1. The Balaban J connectivity index is 1.48. The van der Waals surface area contributed by atoms with E-state index in [-0.39, 0.29) is 16.7 Å². The fraction of sp³-hybridized carbons (Fsp3) is 0.667. The molecule has 5 rings (SSSR count). The number of amides is 1. The van der Waals surface area contributed by atoms with Gasteiger partial charge in [0.25, 0.3) is 5.91 Å². The lowest BCUT2D eigenvalue weighted by molar-refractivity contribution is -0.0134. The summed E-state index contributed by atoms with van der Waals surface area (Å²) in [6.07, 6.45) is 9.12. The molecule has 0 radical (unpaired) electrons. The molecule has 1 aromatic carbocycles. The van der Waals surface area contributed by atoms with Gasteiger partial charge in [0.05, 0.1) is 0 Å². The third kappa shape index (κ3) is 3.58. The van der Waals surface area contributed by atoms with E-state index < -0.39 is 0 Å². The van der Waals surface area contributed by atoms with Gasteiger partial charge in [-0.05, 0) is 85.8 Å². The number of hydrazone groups is 1. The first kappa shape index (κ1) is 18.7. The highest BCUT2D eigenvalue weighted by Gasteiger charge is 2.52. The minimum absolute atomic E-state index is 0.0915. The summed E-state index contributed by atoms with van der Waals surface area (Å²) >= 11 is 0. The average molecular weight is 367 g/mol. The molecule has 1 aromatic rings. The van der Waals surface area contributed by atoms with Crippen LogP contribution in [0.5, 0.6) is 0 Å². The van der Waals surface area contributed by atoms with Crippen LogP contribution in [0, 0.1) is 23.2 Å². The predicted octanol–water partition coefficient (Wildman–Crippen LogP) is 5.70. The van der Waals surface area contributed by atoms with Gasteiger partial charge in [-0.1, -0.05) is 39.8 Å². The van der Waals surface area contributed by atoms with Gasteiger partial charge < -0.3 is 0 Å². The molecule has 0 heterocycles. The van der Waals surface area contributed by atoms with Gasteiger partial charge in [0, 0.05) is 16.7 Å². The van der Waals surface area contributed by atoms with Gasteiger partial charge in [-0.2, -0.15) is 5.10 Å². The van der Waals surface area contributed by atoms with E-state index in [0.29, 0.717) is 5.56 Å². The summed E-state index contributed by atoms with van der Waals surface area (Å²) < 4.78 is 0. The summed E-state index contributed by atoms with van der Waals surface area (Å²) in [6.45, 7) is 8.75. The Hall–Kier alpha value is -1.64. The molecule has 0 unspecified atom stereocenters. The lowest BCUT2D eigenvalue weighted by Crippen LogP contribution is -2.50. The van der Waals surface area contributed by atoms with Crippen molar-refractivity contribution in [2.75, 3.05) is 0 Å². The number of benzene rings is 1. The highest BCUT2D eigenvalue weighted by atomic mass is 16.2. The Kier molecular flexibility index (Phi) is 4.68. The SMILES string of the molecule is CC/C(=N/NC(=O)c1ccc(C(C)(C)C)cc1)C12CC3CC(CC(C3)C1)C2. The molecule has 4 aliphatic carbocycles. The molecule has 0 aliphatic heterocycles. The summed E-state index contributed by atoms with van der Waals surface area (Å²) in [7, 11) is 0. The number of nitrogens with one attached hydrogen (secondary N) is 1. The highest BCUT2D eigenvalue weighted by Crippen LogP contribution is 2.60. The van der Waals surface area contributed by atoms with Crippen molar-refractivity contribution < 1.29 is 4.79 Å². The molecule has 27 heavy (non-hydrogen) atoms. The van der Waals surface area contributed by atoms with Crippen molar-refractivity contribution in [1.29, 1.82) is 0 Å². The molecule has 4 aliphatic rings. The van der Waals surface area contributed by atoms with Crippen molar-refractivity contribution in [3.05, 3.63) is 35.4 Å². The molecular formula is C24H34N2O. The first-order valence-electron chi connectivity index (χ1n) is 10.8. The number of rotatable bonds is 4. The summed E-state index contributed by atoms with van der Waals surface area (Å²) in [5.41, 5.74) is 6.42. The van der Waals surface area contributed by atoms with E-state index in [1.54, 1.807) is 0 Å². The summed E-state index contributed by atoms with van der Waals surface area (Å²) in [5.74, 6) is 2.60. The quantitative estimate of drug-likeness (QED) is 0.539. The highest BCUT2D eigenvalue weighted by molar-refractivity contribution is 5.96. The predicted molar refractivity (Wildman–Crippen MR) is 111 cm³/mol. The van der Waals surface area contributed by atoms with Crippen LogP contribution in [0.2, 0.25) is 0 Å². The smallest absolute Gasteiger partial charge is 0.267 e. The molecule has 1 amide bonds. The van der Waals surface area contributed by atoms with Crippen LogP contribution in [0.1, 0.15) is 88.6 Å². The van der Waals surface area contributed by atoms with Crippen molar-refractivity contribution in [3.63, 3.8) is 0 Å². The molecule has 4 fully saturated rings. The van der Waals surface area contributed by atoms with Gasteiger partial charge in [0.1, 0.15) is 0 Å². The van der Waals surface area contributed by atoms with Crippen molar-refractivity contribution >= 4 is 11.6 Å². The van der Waals surface area contributed by atoms with E-state index in [1.807, 2.05) is 12.1 Å². The standard InChI is InChI=1S/C24H34N2O/c1-5-21(24-13-16-10-17(14-24)12-18(11-16)15-24)25-26-22(27)19-6-8-20(9-7-19)23(2,3)4/h6-9,16-18H,5,10-15H2,1-4H3,(H,26,27)/b25-21-. The average Bonchev–Trinajstić information content (AvgIpc) is 2.60. The molecule has 0 atom stereocenters. The van der Waals surface area contributed by atoms with E-state index in [1.165, 1.54) is 49.8 Å². The van der Waals surface area contributed by atoms with Gasteiger partial charge in [-0.25, -0.2) is 5.43 Å². The van der Waals surface area contributed by atoms with Crippen LogP contribution in [0.25, 0.3) is 0 Å². The molecule has 1 N–H and O–H groups in total. The maximum absolute atomic E-state index is 12.6. The number of hydrogen-bond acceptors (Lipinski definition) is 2. The normalized spacial score (nSPS) is 32.6. The molecule has 0 aromatic heterocycles. The minimum Gasteiger partial charge on any atom is -0.267 e. The maximum atomic E-state index is 12.6. The van der Waals surface area contributed by atoms with E-state index in [9.17, 15) is 4.79 Å². The summed E-state index contributed by atoms with van der Waals surface area (Å²) in [6, 6.07) is 7.94. The van der Waals surface area contributed by atoms with Gasteiger partial charge in [-0.3, -0.25) is 4.79 Å². The van der Waals surface area contributed by atoms with Gasteiger partial charge >= 0.3 is 0 Å². The Morgan fingerprint density at radius 3 is 2.00 bits per heavy atom. The molecule has 146 valence electrons. The van der Waals surface area contributed by atoms with Gasteiger partial charge in [-0.15, -0.1) is 0 Å². The Morgan fingerprint density at radius 1 is 1.04 bits per heavy atom. The Labute approximate surface area is 164 Å². The Bertz CT molecular complexity index is 703. The van der Waals surface area contributed by atoms with Crippen LogP contribution in [-0.2, 0) is 5.41 Å².